The van der Waals surface area contributed by atoms with Gasteiger partial charge in [0.1, 0.15) is 0 Å². The highest BCUT2D eigenvalue weighted by molar-refractivity contribution is 5.93. The number of carbonyl (C=O) groups is 1. The summed E-state index contributed by atoms with van der Waals surface area (Å²) in [5.41, 5.74) is 1.86. The Kier molecular flexibility index (Phi) is 2.75. The summed E-state index contributed by atoms with van der Waals surface area (Å²) >= 11 is 0. The van der Waals surface area contributed by atoms with E-state index in [9.17, 15) is 4.79 Å². The fraction of sp³-hybridized carbons (Fsp3) is 0.154. The van der Waals surface area contributed by atoms with Gasteiger partial charge in [-0.2, -0.15) is 4.98 Å². The molecule has 0 radical (unpaired) electrons. The van der Waals surface area contributed by atoms with Gasteiger partial charge in [0.25, 0.3) is 0 Å². The number of H-pyrrole nitrogens is 1. The van der Waals surface area contributed by atoms with Crippen LogP contribution in [0, 0.1) is 0 Å². The number of carboxylic acid groups (broad SMARTS) is 1. The highest BCUT2D eigenvalue weighted by Crippen LogP contribution is 2.25. The molecule has 1 aromatic carbocycles. The van der Waals surface area contributed by atoms with Gasteiger partial charge in [-0.05, 0) is 12.1 Å². The van der Waals surface area contributed by atoms with Crippen molar-refractivity contribution >= 4 is 16.9 Å². The fourth-order valence-corrected chi connectivity index (χ4v) is 1.96. The van der Waals surface area contributed by atoms with E-state index < -0.39 is 5.97 Å². The lowest BCUT2D eigenvalue weighted by Gasteiger charge is -1.96. The monoisotopic (exact) mass is 257 g/mol. The molecule has 0 saturated carbocycles. The Labute approximate surface area is 108 Å². The van der Waals surface area contributed by atoms with E-state index in [0.29, 0.717) is 11.7 Å². The van der Waals surface area contributed by atoms with Gasteiger partial charge >= 0.3 is 5.97 Å². The summed E-state index contributed by atoms with van der Waals surface area (Å²) in [4.78, 5) is 17.8. The lowest BCUT2D eigenvalue weighted by Crippen LogP contribution is -1.97. The molecule has 0 aliphatic rings. The Morgan fingerprint density at radius 1 is 1.37 bits per heavy atom. The summed E-state index contributed by atoms with van der Waals surface area (Å²) in [7, 11) is 0. The number of hydrogen-bond acceptors (Lipinski definition) is 4. The number of hydrogen-bond donors (Lipinski definition) is 2. The summed E-state index contributed by atoms with van der Waals surface area (Å²) in [5.74, 6) is -0.0667. The molecule has 0 atom stereocenters. The maximum atomic E-state index is 10.5. The molecule has 6 heteroatoms. The van der Waals surface area contributed by atoms with Gasteiger partial charge in [-0.1, -0.05) is 17.3 Å². The Morgan fingerprint density at radius 2 is 2.26 bits per heavy atom. The highest BCUT2D eigenvalue weighted by atomic mass is 16.5. The largest absolute Gasteiger partial charge is 0.481 e. The van der Waals surface area contributed by atoms with Crippen LogP contribution in [0.2, 0.25) is 0 Å². The molecule has 0 aliphatic heterocycles. The average molecular weight is 257 g/mol. The van der Waals surface area contributed by atoms with E-state index in [-0.39, 0.29) is 12.8 Å². The first-order valence-corrected chi connectivity index (χ1v) is 5.85. The second-order valence-corrected chi connectivity index (χ2v) is 4.15. The SMILES string of the molecule is O=C(O)CCc1nc(-c2cccc3[nH]ccc23)no1. The first-order chi connectivity index (χ1) is 9.24. The third-order valence-corrected chi connectivity index (χ3v) is 2.86. The van der Waals surface area contributed by atoms with Crippen molar-refractivity contribution in [1.29, 1.82) is 0 Å². The molecule has 2 heterocycles. The van der Waals surface area contributed by atoms with Crippen molar-refractivity contribution in [1.82, 2.24) is 15.1 Å². The van der Waals surface area contributed by atoms with Crippen molar-refractivity contribution < 1.29 is 14.4 Å². The first-order valence-electron chi connectivity index (χ1n) is 5.85. The molecular formula is C13H11N3O3. The zero-order chi connectivity index (χ0) is 13.2. The van der Waals surface area contributed by atoms with Crippen LogP contribution < -0.4 is 0 Å². The van der Waals surface area contributed by atoms with Gasteiger partial charge in [0.15, 0.2) is 0 Å². The van der Waals surface area contributed by atoms with Crippen molar-refractivity contribution in [2.75, 3.05) is 0 Å². The third kappa shape index (κ3) is 2.20. The smallest absolute Gasteiger partial charge is 0.303 e. The second kappa shape index (κ2) is 4.56. The maximum absolute atomic E-state index is 10.5. The molecule has 0 spiro atoms. The molecule has 0 unspecified atom stereocenters. The molecular weight excluding hydrogens is 246 g/mol. The van der Waals surface area contributed by atoms with E-state index in [1.54, 1.807) is 0 Å². The quantitative estimate of drug-likeness (QED) is 0.747. The number of aromatic nitrogens is 3. The van der Waals surface area contributed by atoms with Crippen molar-refractivity contribution in [2.24, 2.45) is 0 Å². The predicted octanol–water partition coefficient (Wildman–Crippen LogP) is 2.24. The van der Waals surface area contributed by atoms with Gasteiger partial charge in [-0.25, -0.2) is 0 Å². The summed E-state index contributed by atoms with van der Waals surface area (Å²) in [6.45, 7) is 0. The van der Waals surface area contributed by atoms with Crippen LogP contribution in [0.4, 0.5) is 0 Å². The van der Waals surface area contributed by atoms with Crippen LogP contribution in [-0.4, -0.2) is 26.2 Å². The van der Waals surface area contributed by atoms with Crippen molar-refractivity contribution in [3.05, 3.63) is 36.4 Å². The minimum atomic E-state index is -0.882. The maximum Gasteiger partial charge on any atom is 0.303 e. The van der Waals surface area contributed by atoms with E-state index in [0.717, 1.165) is 16.5 Å². The summed E-state index contributed by atoms with van der Waals surface area (Å²) in [6.07, 6.45) is 2.07. The van der Waals surface area contributed by atoms with E-state index in [1.165, 1.54) is 0 Å². The van der Waals surface area contributed by atoms with Crippen LogP contribution in [0.3, 0.4) is 0 Å². The predicted molar refractivity (Wildman–Crippen MR) is 67.5 cm³/mol. The number of aryl methyl sites for hydroxylation is 1. The molecule has 2 aromatic heterocycles. The second-order valence-electron chi connectivity index (χ2n) is 4.15. The fourth-order valence-electron chi connectivity index (χ4n) is 1.96. The normalized spacial score (nSPS) is 10.9. The van der Waals surface area contributed by atoms with Crippen LogP contribution in [0.5, 0.6) is 0 Å². The van der Waals surface area contributed by atoms with Crippen LogP contribution in [0.1, 0.15) is 12.3 Å². The van der Waals surface area contributed by atoms with Gasteiger partial charge in [0, 0.05) is 29.1 Å². The van der Waals surface area contributed by atoms with Gasteiger partial charge < -0.3 is 14.6 Å². The van der Waals surface area contributed by atoms with E-state index in [2.05, 4.69) is 15.1 Å². The standard InChI is InChI=1S/C13H11N3O3/c17-12(18)5-4-11-15-13(16-19-11)9-2-1-3-10-8(9)6-7-14-10/h1-3,6-7,14H,4-5H2,(H,17,18). The molecule has 0 saturated heterocycles. The van der Waals surface area contributed by atoms with Gasteiger partial charge in [-0.15, -0.1) is 0 Å². The van der Waals surface area contributed by atoms with Crippen molar-refractivity contribution in [3.63, 3.8) is 0 Å². The molecule has 2 N–H and O–H groups in total. The van der Waals surface area contributed by atoms with Crippen LogP contribution in [-0.2, 0) is 11.2 Å². The number of nitrogens with one attached hydrogen (secondary N) is 1. The van der Waals surface area contributed by atoms with Gasteiger partial charge in [-0.3, -0.25) is 4.79 Å². The Morgan fingerprint density at radius 3 is 3.11 bits per heavy atom. The number of aromatic amines is 1. The van der Waals surface area contributed by atoms with Gasteiger partial charge in [0.2, 0.25) is 11.7 Å². The number of nitrogens with zero attached hydrogens (tertiary/aromatic N) is 2. The Balaban J connectivity index is 1.94. The molecule has 3 rings (SSSR count). The first kappa shape index (κ1) is 11.5. The topological polar surface area (TPSA) is 92.0 Å². The lowest BCUT2D eigenvalue weighted by atomic mass is 10.1. The average Bonchev–Trinajstić information content (AvgIpc) is 3.04. The summed E-state index contributed by atoms with van der Waals surface area (Å²) in [5, 5.41) is 13.5. The molecule has 3 aromatic rings. The molecule has 0 bridgehead atoms. The van der Waals surface area contributed by atoms with Gasteiger partial charge in [0.05, 0.1) is 6.42 Å². The van der Waals surface area contributed by atoms with Crippen LogP contribution in [0.15, 0.2) is 35.0 Å². The third-order valence-electron chi connectivity index (χ3n) is 2.86. The Hall–Kier alpha value is -2.63. The highest BCUT2D eigenvalue weighted by Gasteiger charge is 2.12. The lowest BCUT2D eigenvalue weighted by molar-refractivity contribution is -0.137. The number of carboxylic acids is 1. The molecule has 19 heavy (non-hydrogen) atoms. The summed E-state index contributed by atoms with van der Waals surface area (Å²) < 4.78 is 5.06. The molecule has 96 valence electrons. The van der Waals surface area contributed by atoms with Crippen molar-refractivity contribution in [3.8, 4) is 11.4 Å². The van der Waals surface area contributed by atoms with E-state index in [1.807, 2.05) is 30.5 Å². The van der Waals surface area contributed by atoms with Crippen LogP contribution >= 0.6 is 0 Å². The number of benzene rings is 1. The minimum Gasteiger partial charge on any atom is -0.481 e. The van der Waals surface area contributed by atoms with Crippen molar-refractivity contribution in [2.45, 2.75) is 12.8 Å². The Bertz CT molecular complexity index is 729. The van der Waals surface area contributed by atoms with E-state index in [4.69, 9.17) is 9.63 Å². The summed E-state index contributed by atoms with van der Waals surface area (Å²) in [6, 6.07) is 7.71. The molecule has 0 aliphatic carbocycles. The number of rotatable bonds is 4. The molecule has 6 nitrogen and oxygen atoms in total. The molecule has 0 fully saturated rings. The minimum absolute atomic E-state index is 0.0179. The number of fused-ring (bicyclic) bond motifs is 1. The molecule has 0 amide bonds. The zero-order valence-electron chi connectivity index (χ0n) is 9.96. The zero-order valence-corrected chi connectivity index (χ0v) is 9.96. The van der Waals surface area contributed by atoms with Crippen LogP contribution in [0.25, 0.3) is 22.3 Å². The van der Waals surface area contributed by atoms with E-state index >= 15 is 0 Å². The number of aliphatic carboxylic acids is 1.